The van der Waals surface area contributed by atoms with Gasteiger partial charge in [-0.15, -0.1) is 0 Å². The number of benzene rings is 1. The van der Waals surface area contributed by atoms with Crippen LogP contribution in [-0.2, 0) is 0 Å². The van der Waals surface area contributed by atoms with E-state index < -0.39 is 0 Å². The van der Waals surface area contributed by atoms with Gasteiger partial charge in [0.2, 0.25) is 0 Å². The summed E-state index contributed by atoms with van der Waals surface area (Å²) >= 11 is 0. The van der Waals surface area contributed by atoms with Gasteiger partial charge in [0, 0.05) is 24.8 Å². The predicted molar refractivity (Wildman–Crippen MR) is 97.0 cm³/mol. The van der Waals surface area contributed by atoms with Gasteiger partial charge in [0.15, 0.2) is 0 Å². The van der Waals surface area contributed by atoms with Crippen molar-refractivity contribution in [1.82, 2.24) is 9.88 Å². The fraction of sp³-hybridized carbons (Fsp3) is 0.400. The van der Waals surface area contributed by atoms with Gasteiger partial charge in [-0.25, -0.2) is 4.98 Å². The van der Waals surface area contributed by atoms with Crippen LogP contribution in [0.4, 0.5) is 5.82 Å². The summed E-state index contributed by atoms with van der Waals surface area (Å²) in [6.45, 7) is 6.07. The Kier molecular flexibility index (Phi) is 5.14. The highest BCUT2D eigenvalue weighted by atomic mass is 16.2. The summed E-state index contributed by atoms with van der Waals surface area (Å²) in [6.07, 6.45) is 3.94. The molecule has 0 radical (unpaired) electrons. The predicted octanol–water partition coefficient (Wildman–Crippen LogP) is 4.13. The number of likely N-dealkylation sites (tertiary alicyclic amines) is 1. The van der Waals surface area contributed by atoms with Gasteiger partial charge in [-0.3, -0.25) is 4.79 Å². The molecule has 1 N–H and O–H groups in total. The van der Waals surface area contributed by atoms with Crippen molar-refractivity contribution in [2.45, 2.75) is 32.7 Å². The molecule has 1 aromatic carbocycles. The van der Waals surface area contributed by atoms with Crippen molar-refractivity contribution in [3.05, 3.63) is 59.8 Å². The molecule has 126 valence electrons. The topological polar surface area (TPSA) is 45.2 Å². The third-order valence-corrected chi connectivity index (χ3v) is 4.40. The minimum atomic E-state index is 0.111. The number of anilines is 1. The molecule has 2 aromatic rings. The Balaban J connectivity index is 1.72. The molecule has 1 amide bonds. The molecule has 1 saturated heterocycles. The van der Waals surface area contributed by atoms with Crippen LogP contribution < -0.4 is 5.32 Å². The van der Waals surface area contributed by atoms with Crippen LogP contribution in [0.3, 0.4) is 0 Å². The summed E-state index contributed by atoms with van der Waals surface area (Å²) in [5, 5.41) is 3.33. The van der Waals surface area contributed by atoms with Gasteiger partial charge >= 0.3 is 0 Å². The molecular weight excluding hydrogens is 298 g/mol. The molecule has 1 fully saturated rings. The summed E-state index contributed by atoms with van der Waals surface area (Å²) in [5.74, 6) is 1.59. The summed E-state index contributed by atoms with van der Waals surface area (Å²) < 4.78 is 0. The van der Waals surface area contributed by atoms with E-state index in [1.165, 1.54) is 0 Å². The number of nitrogens with one attached hydrogen (secondary N) is 1. The molecule has 24 heavy (non-hydrogen) atoms. The van der Waals surface area contributed by atoms with Crippen molar-refractivity contribution in [2.75, 3.05) is 18.4 Å². The molecule has 0 aliphatic carbocycles. The normalized spacial score (nSPS) is 17.3. The van der Waals surface area contributed by atoms with E-state index in [2.05, 4.69) is 30.2 Å². The van der Waals surface area contributed by atoms with E-state index in [1.807, 2.05) is 47.5 Å². The molecule has 4 nitrogen and oxygen atoms in total. The first-order chi connectivity index (χ1) is 11.6. The van der Waals surface area contributed by atoms with Gasteiger partial charge in [-0.05, 0) is 42.5 Å². The maximum absolute atomic E-state index is 12.8. The smallest absolute Gasteiger partial charge is 0.254 e. The lowest BCUT2D eigenvalue weighted by Crippen LogP contribution is -2.30. The number of aromatic nitrogens is 1. The molecule has 0 spiro atoms. The minimum absolute atomic E-state index is 0.111. The van der Waals surface area contributed by atoms with Crippen LogP contribution in [0, 0.1) is 5.92 Å². The van der Waals surface area contributed by atoms with Gasteiger partial charge in [-0.2, -0.15) is 0 Å². The van der Waals surface area contributed by atoms with E-state index in [9.17, 15) is 4.79 Å². The molecule has 4 heteroatoms. The molecule has 1 aliphatic rings. The third kappa shape index (κ3) is 3.75. The first kappa shape index (κ1) is 16.5. The van der Waals surface area contributed by atoms with E-state index in [-0.39, 0.29) is 11.9 Å². The minimum Gasteiger partial charge on any atom is -0.370 e. The summed E-state index contributed by atoms with van der Waals surface area (Å²) in [7, 11) is 0. The maximum atomic E-state index is 12.8. The first-order valence-corrected chi connectivity index (χ1v) is 8.71. The number of pyridine rings is 1. The SMILES string of the molecule is CC(C)CNc1ccc([C@@H]2CCCN2C(=O)c2ccccc2)cn1. The van der Waals surface area contributed by atoms with Gasteiger partial charge in [0.1, 0.15) is 5.82 Å². The van der Waals surface area contributed by atoms with Gasteiger partial charge < -0.3 is 10.2 Å². The van der Waals surface area contributed by atoms with E-state index in [0.29, 0.717) is 5.92 Å². The third-order valence-electron chi connectivity index (χ3n) is 4.40. The van der Waals surface area contributed by atoms with Crippen molar-refractivity contribution in [3.8, 4) is 0 Å². The maximum Gasteiger partial charge on any atom is 0.254 e. The van der Waals surface area contributed by atoms with E-state index in [0.717, 1.165) is 42.9 Å². The number of hydrogen-bond acceptors (Lipinski definition) is 3. The van der Waals surface area contributed by atoms with Crippen molar-refractivity contribution in [1.29, 1.82) is 0 Å². The summed E-state index contributed by atoms with van der Waals surface area (Å²) in [5.41, 5.74) is 1.87. The van der Waals surface area contributed by atoms with Crippen LogP contribution in [0.25, 0.3) is 0 Å². The van der Waals surface area contributed by atoms with Crippen molar-refractivity contribution in [2.24, 2.45) is 5.92 Å². The van der Waals surface area contributed by atoms with Crippen LogP contribution in [0.1, 0.15) is 48.7 Å². The van der Waals surface area contributed by atoms with Crippen LogP contribution in [0.15, 0.2) is 48.7 Å². The zero-order valence-corrected chi connectivity index (χ0v) is 14.4. The molecule has 1 aliphatic heterocycles. The highest BCUT2D eigenvalue weighted by Gasteiger charge is 2.30. The average molecular weight is 323 g/mol. The largest absolute Gasteiger partial charge is 0.370 e. The highest BCUT2D eigenvalue weighted by Crippen LogP contribution is 2.33. The van der Waals surface area contributed by atoms with Crippen molar-refractivity contribution >= 4 is 11.7 Å². The standard InChI is InChI=1S/C20H25N3O/c1-15(2)13-21-19-11-10-17(14-22-19)18-9-6-12-23(18)20(24)16-7-4-3-5-8-16/h3-5,7-8,10-11,14-15,18H,6,9,12-13H2,1-2H3,(H,21,22)/t18-/m0/s1. The fourth-order valence-corrected chi connectivity index (χ4v) is 3.12. The number of nitrogens with zero attached hydrogens (tertiary/aromatic N) is 2. The zero-order chi connectivity index (χ0) is 16.9. The lowest BCUT2D eigenvalue weighted by Gasteiger charge is -2.25. The lowest BCUT2D eigenvalue weighted by atomic mass is 10.1. The molecule has 0 saturated carbocycles. The molecule has 1 atom stereocenters. The number of carbonyl (C=O) groups is 1. The Morgan fingerprint density at radius 2 is 2.04 bits per heavy atom. The van der Waals surface area contributed by atoms with Crippen LogP contribution >= 0.6 is 0 Å². The summed E-state index contributed by atoms with van der Waals surface area (Å²) in [4.78, 5) is 19.3. The van der Waals surface area contributed by atoms with E-state index >= 15 is 0 Å². The first-order valence-electron chi connectivity index (χ1n) is 8.71. The van der Waals surface area contributed by atoms with Crippen LogP contribution in [0.2, 0.25) is 0 Å². The fourth-order valence-electron chi connectivity index (χ4n) is 3.12. The second-order valence-corrected chi connectivity index (χ2v) is 6.77. The zero-order valence-electron chi connectivity index (χ0n) is 14.4. The molecule has 1 aromatic heterocycles. The van der Waals surface area contributed by atoms with Crippen LogP contribution in [-0.4, -0.2) is 28.9 Å². The van der Waals surface area contributed by atoms with E-state index in [4.69, 9.17) is 0 Å². The molecule has 3 rings (SSSR count). The number of hydrogen-bond donors (Lipinski definition) is 1. The molecule has 0 unspecified atom stereocenters. The second-order valence-electron chi connectivity index (χ2n) is 6.77. The Morgan fingerprint density at radius 1 is 1.25 bits per heavy atom. The molecule has 0 bridgehead atoms. The average Bonchev–Trinajstić information content (AvgIpc) is 3.10. The van der Waals surface area contributed by atoms with Crippen molar-refractivity contribution in [3.63, 3.8) is 0 Å². The monoisotopic (exact) mass is 323 g/mol. The summed E-state index contributed by atoms with van der Waals surface area (Å²) in [6, 6.07) is 13.8. The van der Waals surface area contributed by atoms with Gasteiger partial charge in [0.25, 0.3) is 5.91 Å². The lowest BCUT2D eigenvalue weighted by molar-refractivity contribution is 0.0735. The Hall–Kier alpha value is -2.36. The Morgan fingerprint density at radius 3 is 2.71 bits per heavy atom. The van der Waals surface area contributed by atoms with Gasteiger partial charge in [0.05, 0.1) is 6.04 Å². The number of amides is 1. The molecular formula is C20H25N3O. The Bertz CT molecular complexity index is 667. The molecule has 2 heterocycles. The number of carbonyl (C=O) groups excluding carboxylic acids is 1. The Labute approximate surface area is 143 Å². The van der Waals surface area contributed by atoms with E-state index in [1.54, 1.807) is 0 Å². The quantitative estimate of drug-likeness (QED) is 0.900. The number of rotatable bonds is 5. The van der Waals surface area contributed by atoms with Crippen LogP contribution in [0.5, 0.6) is 0 Å². The second kappa shape index (κ2) is 7.47. The van der Waals surface area contributed by atoms with Crippen molar-refractivity contribution < 1.29 is 4.79 Å². The van der Waals surface area contributed by atoms with Gasteiger partial charge in [-0.1, -0.05) is 38.1 Å². The highest BCUT2D eigenvalue weighted by molar-refractivity contribution is 5.94.